The van der Waals surface area contributed by atoms with Crippen LogP contribution in [-0.2, 0) is 4.84 Å². The summed E-state index contributed by atoms with van der Waals surface area (Å²) in [5, 5.41) is 2.17. The van der Waals surface area contributed by atoms with E-state index < -0.39 is 0 Å². The quantitative estimate of drug-likeness (QED) is 0.666. The number of hydrogen-bond donors (Lipinski definition) is 1. The fraction of sp³-hybridized carbons (Fsp3) is 1.00. The van der Waals surface area contributed by atoms with E-state index in [4.69, 9.17) is 10.6 Å². The third-order valence-electron chi connectivity index (χ3n) is 2.86. The van der Waals surface area contributed by atoms with Crippen LogP contribution in [0.1, 0.15) is 45.4 Å². The second-order valence-electron chi connectivity index (χ2n) is 3.99. The number of hydrogen-bond acceptors (Lipinski definition) is 3. The highest BCUT2D eigenvalue weighted by molar-refractivity contribution is 4.71. The monoisotopic (exact) mass is 200 g/mol. The summed E-state index contributed by atoms with van der Waals surface area (Å²) in [7, 11) is 0. The number of nitrogens with two attached hydrogens (primary N) is 1. The SMILES string of the molecule is CCON(CCCN)C1CCCCC1. The molecule has 14 heavy (non-hydrogen) atoms. The summed E-state index contributed by atoms with van der Waals surface area (Å²) in [5.74, 6) is 0. The van der Waals surface area contributed by atoms with Gasteiger partial charge < -0.3 is 5.73 Å². The zero-order chi connectivity index (χ0) is 10.2. The van der Waals surface area contributed by atoms with Crippen LogP contribution in [0.5, 0.6) is 0 Å². The van der Waals surface area contributed by atoms with Crippen LogP contribution in [0, 0.1) is 0 Å². The van der Waals surface area contributed by atoms with E-state index in [-0.39, 0.29) is 0 Å². The Balaban J connectivity index is 2.30. The first-order chi connectivity index (χ1) is 6.88. The zero-order valence-corrected chi connectivity index (χ0v) is 9.37. The van der Waals surface area contributed by atoms with E-state index >= 15 is 0 Å². The van der Waals surface area contributed by atoms with Gasteiger partial charge in [0, 0.05) is 12.6 Å². The molecule has 0 aromatic carbocycles. The van der Waals surface area contributed by atoms with Crippen molar-refractivity contribution in [3.63, 3.8) is 0 Å². The van der Waals surface area contributed by atoms with Crippen molar-refractivity contribution in [2.24, 2.45) is 5.73 Å². The van der Waals surface area contributed by atoms with Gasteiger partial charge in [-0.2, -0.15) is 5.06 Å². The van der Waals surface area contributed by atoms with Gasteiger partial charge in [-0.15, -0.1) is 0 Å². The Bertz CT molecular complexity index is 135. The topological polar surface area (TPSA) is 38.5 Å². The molecule has 1 aliphatic rings. The van der Waals surface area contributed by atoms with Gasteiger partial charge in [0.25, 0.3) is 0 Å². The first kappa shape index (κ1) is 12.0. The predicted octanol–water partition coefficient (Wildman–Crippen LogP) is 1.92. The van der Waals surface area contributed by atoms with Crippen molar-refractivity contribution in [3.8, 4) is 0 Å². The van der Waals surface area contributed by atoms with E-state index in [2.05, 4.69) is 12.0 Å². The lowest BCUT2D eigenvalue weighted by atomic mass is 9.95. The summed E-state index contributed by atoms with van der Waals surface area (Å²) in [6, 6.07) is 0.648. The molecule has 0 aromatic rings. The first-order valence-electron chi connectivity index (χ1n) is 5.98. The molecule has 3 heteroatoms. The minimum Gasteiger partial charge on any atom is -0.330 e. The molecule has 2 N–H and O–H groups in total. The lowest BCUT2D eigenvalue weighted by Crippen LogP contribution is -2.38. The van der Waals surface area contributed by atoms with Crippen molar-refractivity contribution >= 4 is 0 Å². The average Bonchev–Trinajstić information content (AvgIpc) is 2.25. The predicted molar refractivity (Wildman–Crippen MR) is 58.9 cm³/mol. The van der Waals surface area contributed by atoms with E-state index in [1.54, 1.807) is 0 Å². The Labute approximate surface area is 87.6 Å². The summed E-state index contributed by atoms with van der Waals surface area (Å²) >= 11 is 0. The van der Waals surface area contributed by atoms with Crippen molar-refractivity contribution in [2.75, 3.05) is 19.7 Å². The molecule has 0 amide bonds. The van der Waals surface area contributed by atoms with Crippen molar-refractivity contribution in [2.45, 2.75) is 51.5 Å². The molecular formula is C11H24N2O. The average molecular weight is 200 g/mol. The van der Waals surface area contributed by atoms with Gasteiger partial charge in [0.1, 0.15) is 0 Å². The fourth-order valence-electron chi connectivity index (χ4n) is 2.13. The van der Waals surface area contributed by atoms with Gasteiger partial charge in [0.05, 0.1) is 6.61 Å². The van der Waals surface area contributed by atoms with Crippen LogP contribution < -0.4 is 5.73 Å². The molecule has 84 valence electrons. The van der Waals surface area contributed by atoms with Gasteiger partial charge in [-0.1, -0.05) is 19.3 Å². The molecule has 0 aromatic heterocycles. The number of hydroxylamine groups is 2. The summed E-state index contributed by atoms with van der Waals surface area (Å²) < 4.78 is 0. The first-order valence-corrected chi connectivity index (χ1v) is 5.98. The van der Waals surface area contributed by atoms with Crippen LogP contribution in [0.15, 0.2) is 0 Å². The van der Waals surface area contributed by atoms with E-state index in [1.165, 1.54) is 32.1 Å². The number of nitrogens with zero attached hydrogens (tertiary/aromatic N) is 1. The highest BCUT2D eigenvalue weighted by Crippen LogP contribution is 2.22. The standard InChI is InChI=1S/C11H24N2O/c1-2-14-13(10-6-9-12)11-7-4-3-5-8-11/h11H,2-10,12H2,1H3. The zero-order valence-electron chi connectivity index (χ0n) is 9.37. The second-order valence-corrected chi connectivity index (χ2v) is 3.99. The van der Waals surface area contributed by atoms with Gasteiger partial charge in [-0.3, -0.25) is 4.84 Å². The molecule has 0 radical (unpaired) electrons. The van der Waals surface area contributed by atoms with Crippen molar-refractivity contribution in [1.29, 1.82) is 0 Å². The van der Waals surface area contributed by atoms with Crippen LogP contribution in [-0.4, -0.2) is 30.8 Å². The van der Waals surface area contributed by atoms with Crippen molar-refractivity contribution in [3.05, 3.63) is 0 Å². The Kier molecular flexibility index (Phi) is 6.15. The Morgan fingerprint density at radius 3 is 2.57 bits per heavy atom. The molecule has 1 aliphatic carbocycles. The minimum absolute atomic E-state index is 0.648. The van der Waals surface area contributed by atoms with Gasteiger partial charge in [0.15, 0.2) is 0 Å². The van der Waals surface area contributed by atoms with Gasteiger partial charge in [-0.05, 0) is 32.7 Å². The van der Waals surface area contributed by atoms with Gasteiger partial charge in [-0.25, -0.2) is 0 Å². The van der Waals surface area contributed by atoms with Crippen molar-refractivity contribution in [1.82, 2.24) is 5.06 Å². The van der Waals surface area contributed by atoms with Crippen LogP contribution in [0.3, 0.4) is 0 Å². The fourth-order valence-corrected chi connectivity index (χ4v) is 2.13. The van der Waals surface area contributed by atoms with E-state index in [1.807, 2.05) is 0 Å². The van der Waals surface area contributed by atoms with Crippen LogP contribution in [0.4, 0.5) is 0 Å². The largest absolute Gasteiger partial charge is 0.330 e. The highest BCUT2D eigenvalue weighted by atomic mass is 16.7. The minimum atomic E-state index is 0.648. The molecule has 0 atom stereocenters. The molecule has 1 saturated carbocycles. The molecule has 1 rings (SSSR count). The van der Waals surface area contributed by atoms with E-state index in [0.717, 1.165) is 26.1 Å². The molecule has 0 saturated heterocycles. The van der Waals surface area contributed by atoms with E-state index in [9.17, 15) is 0 Å². The Hall–Kier alpha value is -0.120. The van der Waals surface area contributed by atoms with Crippen LogP contribution in [0.25, 0.3) is 0 Å². The Morgan fingerprint density at radius 1 is 1.29 bits per heavy atom. The Morgan fingerprint density at radius 2 is 2.00 bits per heavy atom. The van der Waals surface area contributed by atoms with Crippen LogP contribution in [0.2, 0.25) is 0 Å². The van der Waals surface area contributed by atoms with Crippen molar-refractivity contribution < 1.29 is 4.84 Å². The van der Waals surface area contributed by atoms with Gasteiger partial charge in [0.2, 0.25) is 0 Å². The lowest BCUT2D eigenvalue weighted by Gasteiger charge is -2.32. The summed E-state index contributed by atoms with van der Waals surface area (Å²) in [5.41, 5.74) is 5.52. The summed E-state index contributed by atoms with van der Waals surface area (Å²) in [4.78, 5) is 5.66. The lowest BCUT2D eigenvalue weighted by molar-refractivity contribution is -0.188. The summed E-state index contributed by atoms with van der Waals surface area (Å²) in [6.07, 6.45) is 7.74. The molecule has 3 nitrogen and oxygen atoms in total. The maximum absolute atomic E-state index is 5.66. The van der Waals surface area contributed by atoms with Gasteiger partial charge >= 0.3 is 0 Å². The molecule has 0 aliphatic heterocycles. The molecule has 0 heterocycles. The molecule has 0 unspecified atom stereocenters. The highest BCUT2D eigenvalue weighted by Gasteiger charge is 2.20. The maximum atomic E-state index is 5.66. The third-order valence-corrected chi connectivity index (χ3v) is 2.86. The maximum Gasteiger partial charge on any atom is 0.0657 e. The van der Waals surface area contributed by atoms with Crippen LogP contribution >= 0.6 is 0 Å². The molecular weight excluding hydrogens is 176 g/mol. The van der Waals surface area contributed by atoms with E-state index in [0.29, 0.717) is 6.04 Å². The molecule has 0 bridgehead atoms. The number of rotatable bonds is 6. The molecule has 0 spiro atoms. The smallest absolute Gasteiger partial charge is 0.0657 e. The summed E-state index contributed by atoms with van der Waals surface area (Å²) in [6.45, 7) is 4.59. The second kappa shape index (κ2) is 7.21. The third kappa shape index (κ3) is 3.95. The normalized spacial score (nSPS) is 19.1. The molecule has 1 fully saturated rings.